The second kappa shape index (κ2) is 4.61. The molecular weight excluding hydrogens is 246 g/mol. The lowest BCUT2D eigenvalue weighted by molar-refractivity contribution is 0.101. The molecule has 5 nitrogen and oxygen atoms in total. The van der Waals surface area contributed by atoms with Gasteiger partial charge in [-0.1, -0.05) is 0 Å². The molecule has 0 aliphatic carbocycles. The number of carbonyl (C=O) groups excluding carboxylic acids is 1. The van der Waals surface area contributed by atoms with Gasteiger partial charge < -0.3 is 14.2 Å². The number of carbonyl (C=O) groups is 1. The third kappa shape index (κ3) is 2.22. The second-order valence-electron chi connectivity index (χ2n) is 4.03. The Balaban J connectivity index is 1.91. The predicted molar refractivity (Wildman–Crippen MR) is 66.9 cm³/mol. The first-order valence-electron chi connectivity index (χ1n) is 5.77. The lowest BCUT2D eigenvalue weighted by Gasteiger charge is -2.08. The monoisotopic (exact) mass is 257 g/mol. The maximum absolute atomic E-state index is 11.5. The van der Waals surface area contributed by atoms with E-state index in [1.165, 1.54) is 6.92 Å². The van der Waals surface area contributed by atoms with Crippen LogP contribution in [0.2, 0.25) is 0 Å². The van der Waals surface area contributed by atoms with Crippen molar-refractivity contribution in [2.45, 2.75) is 6.92 Å². The molecule has 1 aromatic carbocycles. The normalized spacial score (nSPS) is 12.3. The molecule has 0 amide bonds. The van der Waals surface area contributed by atoms with Crippen LogP contribution in [0.3, 0.4) is 0 Å². The highest BCUT2D eigenvalue weighted by Crippen LogP contribution is 2.36. The smallest absolute Gasteiger partial charge is 0.231 e. The van der Waals surface area contributed by atoms with Crippen LogP contribution in [0, 0.1) is 0 Å². The molecule has 1 aromatic heterocycles. The topological polar surface area (TPSA) is 57.7 Å². The number of hydrogen-bond acceptors (Lipinski definition) is 5. The van der Waals surface area contributed by atoms with Gasteiger partial charge in [-0.15, -0.1) is 0 Å². The fourth-order valence-corrected chi connectivity index (χ4v) is 1.79. The summed E-state index contributed by atoms with van der Waals surface area (Å²) in [6.45, 7) is 1.69. The third-order valence-corrected chi connectivity index (χ3v) is 2.71. The zero-order chi connectivity index (χ0) is 13.2. The second-order valence-corrected chi connectivity index (χ2v) is 4.03. The summed E-state index contributed by atoms with van der Waals surface area (Å²) < 4.78 is 16.1. The van der Waals surface area contributed by atoms with E-state index >= 15 is 0 Å². The molecule has 3 rings (SSSR count). The molecule has 0 radical (unpaired) electrons. The molecule has 0 N–H and O–H groups in total. The van der Waals surface area contributed by atoms with Crippen LogP contribution in [0.1, 0.15) is 17.3 Å². The number of Topliss-reactive ketones (excluding diaryl/α,β-unsaturated/α-hetero) is 1. The molecule has 0 saturated carbocycles. The summed E-state index contributed by atoms with van der Waals surface area (Å²) in [5, 5.41) is 0. The molecule has 1 aliphatic rings. The molecule has 2 heterocycles. The van der Waals surface area contributed by atoms with Gasteiger partial charge in [0.1, 0.15) is 5.75 Å². The zero-order valence-corrected chi connectivity index (χ0v) is 10.3. The quantitative estimate of drug-likeness (QED) is 0.791. The fourth-order valence-electron chi connectivity index (χ4n) is 1.79. The minimum absolute atomic E-state index is 0.0937. The maximum Gasteiger partial charge on any atom is 0.231 e. The number of benzene rings is 1. The maximum atomic E-state index is 11.5. The molecule has 0 spiro atoms. The van der Waals surface area contributed by atoms with Crippen molar-refractivity contribution in [1.82, 2.24) is 4.98 Å². The van der Waals surface area contributed by atoms with Crippen LogP contribution in [0.5, 0.6) is 23.1 Å². The molecule has 0 unspecified atom stereocenters. The number of hydrogen-bond donors (Lipinski definition) is 0. The average molecular weight is 257 g/mol. The van der Waals surface area contributed by atoms with Crippen molar-refractivity contribution in [3.8, 4) is 23.1 Å². The lowest BCUT2D eigenvalue weighted by Crippen LogP contribution is -1.98. The number of nitrogens with zero attached hydrogens (tertiary/aromatic N) is 1. The van der Waals surface area contributed by atoms with Gasteiger partial charge in [0.15, 0.2) is 17.3 Å². The van der Waals surface area contributed by atoms with Crippen LogP contribution in [0.4, 0.5) is 0 Å². The molecule has 2 aromatic rings. The number of ether oxygens (including phenoxy) is 3. The highest BCUT2D eigenvalue weighted by molar-refractivity contribution is 5.96. The van der Waals surface area contributed by atoms with Crippen molar-refractivity contribution < 1.29 is 19.0 Å². The van der Waals surface area contributed by atoms with Gasteiger partial charge in [0.2, 0.25) is 12.7 Å². The summed E-state index contributed by atoms with van der Waals surface area (Å²) in [6.07, 6.45) is 1.58. The number of ketones is 1. The third-order valence-electron chi connectivity index (χ3n) is 2.71. The van der Waals surface area contributed by atoms with E-state index in [0.29, 0.717) is 22.8 Å². The van der Waals surface area contributed by atoms with E-state index in [2.05, 4.69) is 4.98 Å². The molecule has 0 fully saturated rings. The summed E-state index contributed by atoms with van der Waals surface area (Å²) >= 11 is 0. The number of aromatic nitrogens is 1. The first kappa shape index (κ1) is 11.5. The molecule has 0 bridgehead atoms. The van der Waals surface area contributed by atoms with Crippen molar-refractivity contribution >= 4 is 5.78 Å². The average Bonchev–Trinajstić information content (AvgIpc) is 2.86. The van der Waals surface area contributed by atoms with Gasteiger partial charge in [-0.25, -0.2) is 4.98 Å². The molecule has 96 valence electrons. The van der Waals surface area contributed by atoms with Crippen molar-refractivity contribution in [3.63, 3.8) is 0 Å². The van der Waals surface area contributed by atoms with Crippen molar-refractivity contribution in [3.05, 3.63) is 42.1 Å². The summed E-state index contributed by atoms with van der Waals surface area (Å²) in [4.78, 5) is 15.6. The van der Waals surface area contributed by atoms with E-state index in [9.17, 15) is 4.79 Å². The standard InChI is InChI=1S/C14H11NO4/c1-9(16)11-3-2-6-15-14(11)19-10-4-5-12-13(7-10)18-8-17-12/h2-7H,8H2,1H3. The largest absolute Gasteiger partial charge is 0.454 e. The molecular formula is C14H11NO4. The highest BCUT2D eigenvalue weighted by Gasteiger charge is 2.15. The summed E-state index contributed by atoms with van der Waals surface area (Å²) in [5.74, 6) is 2.04. The summed E-state index contributed by atoms with van der Waals surface area (Å²) in [5.41, 5.74) is 0.445. The Kier molecular flexibility index (Phi) is 2.79. The van der Waals surface area contributed by atoms with Gasteiger partial charge in [0.25, 0.3) is 0 Å². The van der Waals surface area contributed by atoms with Crippen LogP contribution in [-0.2, 0) is 0 Å². The van der Waals surface area contributed by atoms with Gasteiger partial charge in [-0.05, 0) is 31.2 Å². The Hall–Kier alpha value is -2.56. The van der Waals surface area contributed by atoms with Crippen molar-refractivity contribution in [2.75, 3.05) is 6.79 Å². The van der Waals surface area contributed by atoms with Crippen LogP contribution < -0.4 is 14.2 Å². The Labute approximate surface area is 109 Å². The number of fused-ring (bicyclic) bond motifs is 1. The first-order chi connectivity index (χ1) is 9.24. The molecule has 19 heavy (non-hydrogen) atoms. The zero-order valence-electron chi connectivity index (χ0n) is 10.3. The van der Waals surface area contributed by atoms with Crippen molar-refractivity contribution in [2.24, 2.45) is 0 Å². The molecule has 1 aliphatic heterocycles. The van der Waals surface area contributed by atoms with Crippen LogP contribution >= 0.6 is 0 Å². The predicted octanol–water partition coefficient (Wildman–Crippen LogP) is 2.81. The van der Waals surface area contributed by atoms with Gasteiger partial charge >= 0.3 is 0 Å². The van der Waals surface area contributed by atoms with E-state index in [-0.39, 0.29) is 18.5 Å². The van der Waals surface area contributed by atoms with Crippen molar-refractivity contribution in [1.29, 1.82) is 0 Å². The Morgan fingerprint density at radius 2 is 2.11 bits per heavy atom. The highest BCUT2D eigenvalue weighted by atomic mass is 16.7. The van der Waals surface area contributed by atoms with Crippen LogP contribution in [0.15, 0.2) is 36.5 Å². The Morgan fingerprint density at radius 1 is 1.26 bits per heavy atom. The number of pyridine rings is 1. The minimum Gasteiger partial charge on any atom is -0.454 e. The van der Waals surface area contributed by atoms with E-state index in [1.54, 1.807) is 36.5 Å². The van der Waals surface area contributed by atoms with E-state index < -0.39 is 0 Å². The molecule has 5 heteroatoms. The van der Waals surface area contributed by atoms with Gasteiger partial charge in [0, 0.05) is 12.3 Å². The van der Waals surface area contributed by atoms with Gasteiger partial charge in [-0.3, -0.25) is 4.79 Å². The first-order valence-corrected chi connectivity index (χ1v) is 5.77. The minimum atomic E-state index is -0.0937. The Bertz CT molecular complexity index is 639. The molecule has 0 saturated heterocycles. The lowest BCUT2D eigenvalue weighted by atomic mass is 10.2. The summed E-state index contributed by atoms with van der Waals surface area (Å²) in [7, 11) is 0. The summed E-state index contributed by atoms with van der Waals surface area (Å²) in [6, 6.07) is 8.59. The Morgan fingerprint density at radius 3 is 2.95 bits per heavy atom. The number of rotatable bonds is 3. The van der Waals surface area contributed by atoms with E-state index in [1.807, 2.05) is 0 Å². The van der Waals surface area contributed by atoms with Gasteiger partial charge in [-0.2, -0.15) is 0 Å². The van der Waals surface area contributed by atoms with E-state index in [0.717, 1.165) is 0 Å². The SMILES string of the molecule is CC(=O)c1cccnc1Oc1ccc2c(c1)OCO2. The van der Waals surface area contributed by atoms with Crippen LogP contribution in [0.25, 0.3) is 0 Å². The van der Waals surface area contributed by atoms with E-state index in [4.69, 9.17) is 14.2 Å². The fraction of sp³-hybridized carbons (Fsp3) is 0.143. The van der Waals surface area contributed by atoms with Gasteiger partial charge in [0.05, 0.1) is 5.56 Å². The molecule has 0 atom stereocenters. The van der Waals surface area contributed by atoms with Crippen LogP contribution in [-0.4, -0.2) is 17.6 Å².